The van der Waals surface area contributed by atoms with E-state index in [2.05, 4.69) is 15.3 Å². The Labute approximate surface area is 207 Å². The molecule has 2 fully saturated rings. The van der Waals surface area contributed by atoms with Gasteiger partial charge >= 0.3 is 6.18 Å². The Kier molecular flexibility index (Phi) is 6.21. The number of fused-ring (bicyclic) bond motifs is 1. The van der Waals surface area contributed by atoms with E-state index in [0.29, 0.717) is 23.2 Å². The normalized spacial score (nSPS) is 23.0. The van der Waals surface area contributed by atoms with Gasteiger partial charge in [0.05, 0.1) is 18.3 Å². The van der Waals surface area contributed by atoms with Crippen molar-refractivity contribution in [3.63, 3.8) is 0 Å². The second kappa shape index (κ2) is 9.01. The number of halogens is 5. The Hall–Kier alpha value is -3.13. The Morgan fingerprint density at radius 1 is 1.19 bits per heavy atom. The van der Waals surface area contributed by atoms with Crippen molar-refractivity contribution in [3.8, 4) is 0 Å². The third-order valence-electron chi connectivity index (χ3n) is 6.44. The molecule has 14 heteroatoms. The highest BCUT2D eigenvalue weighted by Gasteiger charge is 2.50. The number of amides is 1. The van der Waals surface area contributed by atoms with Crippen LogP contribution in [0.2, 0.25) is 0 Å². The lowest BCUT2D eigenvalue weighted by Crippen LogP contribution is -2.48. The van der Waals surface area contributed by atoms with Crippen molar-refractivity contribution in [2.24, 2.45) is 0 Å². The number of hydrogen-bond donors (Lipinski definition) is 1. The van der Waals surface area contributed by atoms with Gasteiger partial charge in [-0.25, -0.2) is 27.2 Å². The van der Waals surface area contributed by atoms with Crippen molar-refractivity contribution in [1.29, 1.82) is 0 Å². The third-order valence-corrected chi connectivity index (χ3v) is 8.30. The second-order valence-electron chi connectivity index (χ2n) is 9.18. The SMILES string of the molecule is C[C@H]1[C@H](F)C[C@@H](C(=O)NCc2cc(C(F)(F)F)nc(C3CC3)n2)N1S(=O)(=O)c1cc2cc(F)ccc2o1. The molecule has 198 valence electrons. The highest BCUT2D eigenvalue weighted by molar-refractivity contribution is 7.89. The monoisotopic (exact) mass is 544 g/mol. The standard InChI is InChI=1S/C23H21F5N4O4S/c1-11-16(25)9-17(32(11)37(34,35)20-7-13-6-14(24)4-5-18(13)36-20)22(33)29-10-15-8-19(23(26,27)28)31-21(30-15)12-2-3-12/h4-8,11-12,16-17H,2-3,9-10H2,1H3,(H,29,33)/t11-,16+,17-/m0/s1. The Morgan fingerprint density at radius 3 is 2.59 bits per heavy atom. The molecule has 3 aromatic rings. The quantitative estimate of drug-likeness (QED) is 0.470. The summed E-state index contributed by atoms with van der Waals surface area (Å²) in [5.41, 5.74) is -1.16. The van der Waals surface area contributed by atoms with Crippen LogP contribution in [-0.2, 0) is 27.5 Å². The topological polar surface area (TPSA) is 105 Å². The first-order valence-corrected chi connectivity index (χ1v) is 12.9. The summed E-state index contributed by atoms with van der Waals surface area (Å²) in [7, 11) is -4.54. The number of carbonyl (C=O) groups excluding carboxylic acids is 1. The zero-order valence-electron chi connectivity index (χ0n) is 19.3. The molecular weight excluding hydrogens is 523 g/mol. The lowest BCUT2D eigenvalue weighted by Gasteiger charge is -2.25. The molecular formula is C23H21F5N4O4S. The predicted octanol–water partition coefficient (Wildman–Crippen LogP) is 4.06. The fourth-order valence-corrected chi connectivity index (χ4v) is 6.13. The number of alkyl halides is 4. The first-order valence-electron chi connectivity index (χ1n) is 11.4. The van der Waals surface area contributed by atoms with Crippen molar-refractivity contribution in [1.82, 2.24) is 19.6 Å². The van der Waals surface area contributed by atoms with E-state index in [1.54, 1.807) is 0 Å². The molecule has 1 saturated heterocycles. The number of rotatable bonds is 6. The number of benzene rings is 1. The van der Waals surface area contributed by atoms with Crippen molar-refractivity contribution >= 4 is 26.9 Å². The molecule has 8 nitrogen and oxygen atoms in total. The van der Waals surface area contributed by atoms with Gasteiger partial charge in [0.15, 0.2) is 0 Å². The molecule has 3 heterocycles. The van der Waals surface area contributed by atoms with Gasteiger partial charge in [0.2, 0.25) is 11.0 Å². The van der Waals surface area contributed by atoms with Gasteiger partial charge in [-0.2, -0.15) is 17.5 Å². The molecule has 1 aromatic carbocycles. The number of nitrogens with zero attached hydrogens (tertiary/aromatic N) is 3. The Morgan fingerprint density at radius 2 is 1.92 bits per heavy atom. The molecule has 1 N–H and O–H groups in total. The van der Waals surface area contributed by atoms with Gasteiger partial charge in [-0.05, 0) is 44.0 Å². The van der Waals surface area contributed by atoms with Gasteiger partial charge in [-0.15, -0.1) is 0 Å². The minimum Gasteiger partial charge on any atom is -0.443 e. The molecule has 5 rings (SSSR count). The molecule has 1 amide bonds. The van der Waals surface area contributed by atoms with Crippen molar-refractivity contribution < 1.29 is 39.6 Å². The first-order chi connectivity index (χ1) is 17.3. The predicted molar refractivity (Wildman–Crippen MR) is 119 cm³/mol. The fourth-order valence-electron chi connectivity index (χ4n) is 4.36. The van der Waals surface area contributed by atoms with Crippen molar-refractivity contribution in [2.45, 2.75) is 68.2 Å². The van der Waals surface area contributed by atoms with Crippen LogP contribution in [0.15, 0.2) is 39.8 Å². The Balaban J connectivity index is 1.39. The summed E-state index contributed by atoms with van der Waals surface area (Å²) in [6, 6.07) is 2.46. The lowest BCUT2D eigenvalue weighted by molar-refractivity contribution is -0.141. The molecule has 0 radical (unpaired) electrons. The van der Waals surface area contributed by atoms with Crippen molar-refractivity contribution in [3.05, 3.63) is 53.4 Å². The van der Waals surface area contributed by atoms with Crippen LogP contribution < -0.4 is 5.32 Å². The summed E-state index contributed by atoms with van der Waals surface area (Å²) >= 11 is 0. The maximum Gasteiger partial charge on any atom is 0.433 e. The Bertz CT molecular complexity index is 1470. The van der Waals surface area contributed by atoms with Crippen LogP contribution in [-0.4, -0.2) is 46.9 Å². The van der Waals surface area contributed by atoms with E-state index in [-0.39, 0.29) is 28.4 Å². The summed E-state index contributed by atoms with van der Waals surface area (Å²) in [4.78, 5) is 20.7. The van der Waals surface area contributed by atoms with E-state index >= 15 is 0 Å². The number of sulfonamides is 1. The zero-order valence-corrected chi connectivity index (χ0v) is 20.1. The lowest BCUT2D eigenvalue weighted by atomic mass is 10.1. The van der Waals surface area contributed by atoms with Gasteiger partial charge in [0.1, 0.15) is 35.1 Å². The average Bonchev–Trinajstić information content (AvgIpc) is 3.52. The highest BCUT2D eigenvalue weighted by Crippen LogP contribution is 2.39. The molecule has 0 spiro atoms. The number of nitrogens with one attached hydrogen (secondary N) is 1. The zero-order chi connectivity index (χ0) is 26.7. The number of furan rings is 1. The molecule has 2 aromatic heterocycles. The first kappa shape index (κ1) is 25.5. The molecule has 1 aliphatic carbocycles. The van der Waals surface area contributed by atoms with E-state index in [1.165, 1.54) is 13.0 Å². The molecule has 1 aliphatic heterocycles. The van der Waals surface area contributed by atoms with Crippen LogP contribution in [0, 0.1) is 5.82 Å². The van der Waals surface area contributed by atoms with Crippen LogP contribution in [0.4, 0.5) is 22.0 Å². The van der Waals surface area contributed by atoms with Gasteiger partial charge in [-0.3, -0.25) is 4.79 Å². The summed E-state index contributed by atoms with van der Waals surface area (Å²) in [6.07, 6.45) is -5.55. The van der Waals surface area contributed by atoms with Gasteiger partial charge in [-0.1, -0.05) is 0 Å². The maximum absolute atomic E-state index is 14.7. The minimum atomic E-state index is -4.71. The van der Waals surface area contributed by atoms with Gasteiger partial charge < -0.3 is 9.73 Å². The van der Waals surface area contributed by atoms with E-state index < -0.39 is 69.9 Å². The van der Waals surface area contributed by atoms with E-state index in [1.807, 2.05) is 0 Å². The van der Waals surface area contributed by atoms with Crippen LogP contribution in [0.1, 0.15) is 49.3 Å². The molecule has 3 atom stereocenters. The smallest absolute Gasteiger partial charge is 0.433 e. The number of carbonyl (C=O) groups is 1. The molecule has 0 unspecified atom stereocenters. The highest BCUT2D eigenvalue weighted by atomic mass is 32.2. The van der Waals surface area contributed by atoms with Gasteiger partial charge in [0.25, 0.3) is 10.0 Å². The summed E-state index contributed by atoms with van der Waals surface area (Å²) < 4.78 is 101. The molecule has 2 aliphatic rings. The molecule has 1 saturated carbocycles. The largest absolute Gasteiger partial charge is 0.443 e. The fraction of sp³-hybridized carbons (Fsp3) is 0.435. The number of hydrogen-bond acceptors (Lipinski definition) is 6. The van der Waals surface area contributed by atoms with Crippen LogP contribution in [0.5, 0.6) is 0 Å². The maximum atomic E-state index is 14.7. The van der Waals surface area contributed by atoms with Crippen LogP contribution >= 0.6 is 0 Å². The van der Waals surface area contributed by atoms with Crippen molar-refractivity contribution in [2.75, 3.05) is 0 Å². The molecule has 37 heavy (non-hydrogen) atoms. The van der Waals surface area contributed by atoms with E-state index in [0.717, 1.165) is 18.2 Å². The van der Waals surface area contributed by atoms with Gasteiger partial charge in [0, 0.05) is 23.8 Å². The van der Waals surface area contributed by atoms with E-state index in [9.17, 15) is 35.2 Å². The van der Waals surface area contributed by atoms with E-state index in [4.69, 9.17) is 4.42 Å². The summed E-state index contributed by atoms with van der Waals surface area (Å²) in [5, 5.41) is 1.96. The summed E-state index contributed by atoms with van der Waals surface area (Å²) in [5.74, 6) is -1.67. The minimum absolute atomic E-state index is 0.0305. The summed E-state index contributed by atoms with van der Waals surface area (Å²) in [6.45, 7) is 0.851. The van der Waals surface area contributed by atoms with Crippen LogP contribution in [0.25, 0.3) is 11.0 Å². The molecule has 0 bridgehead atoms. The second-order valence-corrected chi connectivity index (χ2v) is 11.0. The third kappa shape index (κ3) is 4.91. The van der Waals surface area contributed by atoms with Crippen LogP contribution in [0.3, 0.4) is 0 Å². The number of aromatic nitrogens is 2. The average molecular weight is 545 g/mol.